The number of amides is 1. The van der Waals surface area contributed by atoms with Gasteiger partial charge in [0.05, 0.1) is 31.0 Å². The highest BCUT2D eigenvalue weighted by molar-refractivity contribution is 6.28. The Hall–Kier alpha value is -3.13. The number of ether oxygens (including phenoxy) is 1. The summed E-state index contributed by atoms with van der Waals surface area (Å²) in [6.45, 7) is 1.46. The number of rotatable bonds is 8. The molecule has 0 saturated carbocycles. The summed E-state index contributed by atoms with van der Waals surface area (Å²) >= 11 is 0. The molecule has 0 fully saturated rings. The molecular weight excluding hydrogens is 380 g/mol. The second-order valence-corrected chi connectivity index (χ2v) is 7.72. The number of aromatic nitrogens is 2. The third kappa shape index (κ3) is 4.71. The quantitative estimate of drug-likeness (QED) is 0.458. The lowest BCUT2D eigenvalue weighted by atomic mass is 10.1. The van der Waals surface area contributed by atoms with Crippen LogP contribution >= 0.6 is 0 Å². The molecule has 4 rings (SSSR count). The Morgan fingerprint density at radius 3 is 2.77 bits per heavy atom. The molecule has 0 unspecified atom stereocenters. The minimum atomic E-state index is 0.0213. The van der Waals surface area contributed by atoms with Crippen LogP contribution in [0.15, 0.2) is 30.5 Å². The van der Waals surface area contributed by atoms with Gasteiger partial charge in [0.25, 0.3) is 0 Å². The van der Waals surface area contributed by atoms with Crippen LogP contribution in [0.3, 0.4) is 0 Å². The van der Waals surface area contributed by atoms with E-state index in [-0.39, 0.29) is 31.3 Å². The number of anilines is 1. The lowest BCUT2D eigenvalue weighted by molar-refractivity contribution is -0.133. The van der Waals surface area contributed by atoms with Crippen LogP contribution in [0.5, 0.6) is 0 Å². The van der Waals surface area contributed by atoms with Gasteiger partial charge < -0.3 is 25.8 Å². The Bertz CT molecular complexity index is 935. The summed E-state index contributed by atoms with van der Waals surface area (Å²) in [5.41, 5.74) is 4.86. The number of carbonyl (C=O) groups is 1. The zero-order valence-corrected chi connectivity index (χ0v) is 16.9. The highest BCUT2D eigenvalue weighted by atomic mass is 16.5. The van der Waals surface area contributed by atoms with Gasteiger partial charge in [0, 0.05) is 43.5 Å². The number of benzene rings is 1. The maximum Gasteiger partial charge on any atom is 0.225 e. The summed E-state index contributed by atoms with van der Waals surface area (Å²) in [7, 11) is 0. The number of hydrogen-bond acceptors (Lipinski definition) is 7. The number of nitrogens with one attached hydrogen (secondary N) is 3. The van der Waals surface area contributed by atoms with E-state index in [1.165, 1.54) is 11.1 Å². The first kappa shape index (κ1) is 20.2. The second-order valence-electron chi connectivity index (χ2n) is 7.72. The zero-order valence-electron chi connectivity index (χ0n) is 16.9. The van der Waals surface area contributed by atoms with E-state index in [1.807, 2.05) is 6.20 Å². The molecule has 0 saturated heterocycles. The van der Waals surface area contributed by atoms with Crippen molar-refractivity contribution in [1.29, 1.82) is 10.8 Å². The van der Waals surface area contributed by atoms with Crippen molar-refractivity contribution in [1.82, 2.24) is 14.9 Å². The minimum absolute atomic E-state index is 0.0213. The third-order valence-corrected chi connectivity index (χ3v) is 5.56. The number of nitrogens with zero attached hydrogens (tertiary/aromatic N) is 3. The van der Waals surface area contributed by atoms with Gasteiger partial charge in [-0.25, -0.2) is 9.97 Å². The lowest BCUT2D eigenvalue weighted by Gasteiger charge is -2.28. The molecule has 0 radical (unpaired) electrons. The molecular formula is C22H26N6O2. The smallest absolute Gasteiger partial charge is 0.225 e. The highest BCUT2D eigenvalue weighted by Crippen LogP contribution is 2.24. The third-order valence-electron chi connectivity index (χ3n) is 5.56. The molecule has 0 atom stereocenters. The Morgan fingerprint density at radius 2 is 2.03 bits per heavy atom. The second kappa shape index (κ2) is 9.13. The fourth-order valence-electron chi connectivity index (χ4n) is 3.98. The molecule has 1 aromatic carbocycles. The molecule has 2 heterocycles. The molecule has 1 amide bonds. The lowest BCUT2D eigenvalue weighted by Crippen LogP contribution is -2.37. The van der Waals surface area contributed by atoms with Crippen LogP contribution in [-0.2, 0) is 35.3 Å². The predicted octanol–water partition coefficient (Wildman–Crippen LogP) is 2.02. The van der Waals surface area contributed by atoms with E-state index in [0.29, 0.717) is 31.5 Å². The largest absolute Gasteiger partial charge is 0.375 e. The van der Waals surface area contributed by atoms with Crippen LogP contribution in [0.1, 0.15) is 28.8 Å². The van der Waals surface area contributed by atoms with Gasteiger partial charge in [-0.3, -0.25) is 4.79 Å². The van der Waals surface area contributed by atoms with Gasteiger partial charge in [-0.1, -0.05) is 24.3 Å². The molecule has 2 aromatic rings. The Labute approximate surface area is 175 Å². The fraction of sp³-hybridized carbons (Fsp3) is 0.409. The van der Waals surface area contributed by atoms with Crippen LogP contribution in [-0.4, -0.2) is 58.5 Å². The van der Waals surface area contributed by atoms with Crippen LogP contribution in [0.2, 0.25) is 0 Å². The van der Waals surface area contributed by atoms with Crippen molar-refractivity contribution in [2.75, 3.05) is 25.1 Å². The van der Waals surface area contributed by atoms with Gasteiger partial charge in [-0.15, -0.1) is 0 Å². The van der Waals surface area contributed by atoms with Crippen LogP contribution < -0.4 is 5.32 Å². The van der Waals surface area contributed by atoms with E-state index in [2.05, 4.69) is 34.6 Å². The fourth-order valence-corrected chi connectivity index (χ4v) is 3.98. The summed E-state index contributed by atoms with van der Waals surface area (Å²) in [5.74, 6) is 0.682. The predicted molar refractivity (Wildman–Crippen MR) is 114 cm³/mol. The molecule has 156 valence electrons. The SMILES string of the molecule is N=CC(=N)COCCC(=O)N1CCc2nc(NC3Cc4ccccc4C3)ncc2C1. The van der Waals surface area contributed by atoms with Crippen LogP contribution in [0.25, 0.3) is 0 Å². The first-order chi connectivity index (χ1) is 14.6. The Morgan fingerprint density at radius 1 is 1.27 bits per heavy atom. The monoisotopic (exact) mass is 406 g/mol. The van der Waals surface area contributed by atoms with Crippen molar-refractivity contribution in [3.8, 4) is 0 Å². The Kier molecular flexibility index (Phi) is 6.13. The van der Waals surface area contributed by atoms with E-state index in [1.54, 1.807) is 4.90 Å². The van der Waals surface area contributed by atoms with Gasteiger partial charge in [0.1, 0.15) is 0 Å². The molecule has 1 aromatic heterocycles. The molecule has 0 spiro atoms. The zero-order chi connectivity index (χ0) is 20.9. The van der Waals surface area contributed by atoms with Crippen molar-refractivity contribution in [3.63, 3.8) is 0 Å². The number of fused-ring (bicyclic) bond motifs is 2. The molecule has 2 aliphatic rings. The number of hydrogen-bond donors (Lipinski definition) is 3. The van der Waals surface area contributed by atoms with Crippen molar-refractivity contribution in [2.24, 2.45) is 0 Å². The van der Waals surface area contributed by atoms with Crippen molar-refractivity contribution in [3.05, 3.63) is 52.8 Å². The maximum absolute atomic E-state index is 12.4. The average molecular weight is 406 g/mol. The minimum Gasteiger partial charge on any atom is -0.375 e. The van der Waals surface area contributed by atoms with E-state index in [9.17, 15) is 4.79 Å². The van der Waals surface area contributed by atoms with Crippen molar-refractivity contribution in [2.45, 2.75) is 38.3 Å². The van der Waals surface area contributed by atoms with E-state index in [0.717, 1.165) is 30.3 Å². The first-order valence-corrected chi connectivity index (χ1v) is 10.2. The van der Waals surface area contributed by atoms with Gasteiger partial charge in [0.15, 0.2) is 0 Å². The van der Waals surface area contributed by atoms with Crippen molar-refractivity contribution < 1.29 is 9.53 Å². The van der Waals surface area contributed by atoms with Gasteiger partial charge >= 0.3 is 0 Å². The van der Waals surface area contributed by atoms with Gasteiger partial charge in [-0.05, 0) is 24.0 Å². The molecule has 30 heavy (non-hydrogen) atoms. The molecule has 8 nitrogen and oxygen atoms in total. The molecule has 3 N–H and O–H groups in total. The first-order valence-electron chi connectivity index (χ1n) is 10.2. The molecule has 8 heteroatoms. The van der Waals surface area contributed by atoms with Crippen molar-refractivity contribution >= 4 is 23.8 Å². The summed E-state index contributed by atoms with van der Waals surface area (Å²) in [4.78, 5) is 23.4. The van der Waals surface area contributed by atoms with Gasteiger partial charge in [0.2, 0.25) is 11.9 Å². The summed E-state index contributed by atoms with van der Waals surface area (Å²) in [5, 5.41) is 17.8. The maximum atomic E-state index is 12.4. The molecule has 1 aliphatic carbocycles. The van der Waals surface area contributed by atoms with E-state index >= 15 is 0 Å². The Balaban J connectivity index is 1.29. The van der Waals surface area contributed by atoms with Gasteiger partial charge in [-0.2, -0.15) is 0 Å². The summed E-state index contributed by atoms with van der Waals surface area (Å²) in [6, 6.07) is 8.84. The topological polar surface area (TPSA) is 115 Å². The average Bonchev–Trinajstić information content (AvgIpc) is 3.18. The van der Waals surface area contributed by atoms with E-state index < -0.39 is 0 Å². The molecule has 1 aliphatic heterocycles. The van der Waals surface area contributed by atoms with Crippen LogP contribution in [0.4, 0.5) is 5.95 Å². The standard InChI is InChI=1S/C22H26N6O2/c23-11-18(24)14-30-8-6-21(29)28-7-5-20-17(13-28)12-25-22(27-20)26-19-9-15-3-1-2-4-16(15)10-19/h1-4,11-12,19,23-24H,5-10,13-14H2,(H,25,26,27). The summed E-state index contributed by atoms with van der Waals surface area (Å²) < 4.78 is 5.26. The molecule has 0 bridgehead atoms. The normalized spacial score (nSPS) is 15.4. The number of carbonyl (C=O) groups excluding carboxylic acids is 1. The van der Waals surface area contributed by atoms with Crippen LogP contribution in [0, 0.1) is 10.8 Å². The highest BCUT2D eigenvalue weighted by Gasteiger charge is 2.24. The summed E-state index contributed by atoms with van der Waals surface area (Å²) in [6.07, 6.45) is 5.72. The van der Waals surface area contributed by atoms with E-state index in [4.69, 9.17) is 20.5 Å².